The Bertz CT molecular complexity index is 388. The van der Waals surface area contributed by atoms with Crippen LogP contribution in [0.25, 0.3) is 0 Å². The number of quaternary nitrogens is 2. The van der Waals surface area contributed by atoms with E-state index in [-0.39, 0.29) is 6.61 Å². The van der Waals surface area contributed by atoms with Crippen LogP contribution in [0.4, 0.5) is 0 Å². The summed E-state index contributed by atoms with van der Waals surface area (Å²) in [6.07, 6.45) is 4.35. The van der Waals surface area contributed by atoms with Gasteiger partial charge in [-0.15, -0.1) is 0 Å². The number of hydrogen-bond donors (Lipinski definition) is 0. The fraction of sp³-hybridized carbons (Fsp3) is 0.800. The zero-order chi connectivity index (χ0) is 15.5. The van der Waals surface area contributed by atoms with Gasteiger partial charge in [-0.1, -0.05) is 6.08 Å². The molecule has 0 amide bonds. The number of allylic oxidation sites excluding steroid dienone is 1. The maximum Gasteiger partial charge on any atom is 0.333 e. The van der Waals surface area contributed by atoms with Crippen molar-refractivity contribution in [2.45, 2.75) is 45.7 Å². The molecule has 2 fully saturated rings. The predicted molar refractivity (Wildman–Crippen MR) is 79.4 cm³/mol. The van der Waals surface area contributed by atoms with Crippen LogP contribution >= 0.6 is 0 Å². The summed E-state index contributed by atoms with van der Waals surface area (Å²) in [4.78, 5) is 11.8. The maximum atomic E-state index is 13.0. The zero-order valence-corrected chi connectivity index (χ0v) is 13.0. The number of ether oxygens (including phenoxy) is 1. The highest BCUT2D eigenvalue weighted by molar-refractivity contribution is 5.87. The van der Waals surface area contributed by atoms with Gasteiger partial charge in [-0.05, 0) is 13.8 Å². The lowest BCUT2D eigenvalue weighted by atomic mass is 10.3. The van der Waals surface area contributed by atoms with Crippen molar-refractivity contribution in [1.82, 2.24) is 0 Å². The van der Waals surface area contributed by atoms with E-state index >= 15 is 0 Å². The molecule has 0 aromatic heterocycles. The molecular weight excluding hydrogens is 272 g/mol. The van der Waals surface area contributed by atoms with Crippen molar-refractivity contribution in [3.63, 3.8) is 0 Å². The standard InChI is InChI=1S/C15H26N2O4/c1-3-13(2)15(18)21-12-14(16(19)8-4-5-9-16)17(20)10-6-7-11-17/h3,14H,4-12H2,1-2H3. The minimum Gasteiger partial charge on any atom is -0.628 e. The van der Waals surface area contributed by atoms with Crippen molar-refractivity contribution in [3.05, 3.63) is 22.1 Å². The molecule has 0 unspecified atom stereocenters. The number of nitrogens with zero attached hydrogens (tertiary/aromatic N) is 2. The Labute approximate surface area is 126 Å². The molecule has 21 heavy (non-hydrogen) atoms. The summed E-state index contributed by atoms with van der Waals surface area (Å²) in [5, 5.41) is 25.9. The highest BCUT2D eigenvalue weighted by Gasteiger charge is 2.45. The lowest BCUT2D eigenvalue weighted by molar-refractivity contribution is -1.08. The van der Waals surface area contributed by atoms with Gasteiger partial charge in [0.05, 0.1) is 26.2 Å². The Morgan fingerprint density at radius 3 is 1.90 bits per heavy atom. The highest BCUT2D eigenvalue weighted by Crippen LogP contribution is 2.32. The summed E-state index contributed by atoms with van der Waals surface area (Å²) in [6.45, 7) is 5.22. The highest BCUT2D eigenvalue weighted by atomic mass is 16.6. The van der Waals surface area contributed by atoms with Crippen LogP contribution in [0, 0.1) is 10.4 Å². The third-order valence-corrected chi connectivity index (χ3v) is 4.85. The van der Waals surface area contributed by atoms with Crippen LogP contribution < -0.4 is 0 Å². The molecule has 2 saturated heterocycles. The number of hydrogen-bond acceptors (Lipinski definition) is 4. The maximum absolute atomic E-state index is 13.0. The Morgan fingerprint density at radius 1 is 1.10 bits per heavy atom. The number of likely N-dealkylation sites (tertiary alicyclic amines) is 2. The SMILES string of the molecule is CC=C(C)C(=O)OCC([N+]1([O-])CCCC1)[N+]1([O-])CCCC1. The lowest BCUT2D eigenvalue weighted by Gasteiger charge is -2.54. The van der Waals surface area contributed by atoms with Gasteiger partial charge in [-0.25, -0.2) is 4.79 Å². The molecule has 2 aliphatic rings. The summed E-state index contributed by atoms with van der Waals surface area (Å²) >= 11 is 0. The second-order valence-electron chi connectivity index (χ2n) is 6.26. The smallest absolute Gasteiger partial charge is 0.333 e. The van der Waals surface area contributed by atoms with Gasteiger partial charge in [0.15, 0.2) is 6.61 Å². The van der Waals surface area contributed by atoms with E-state index in [4.69, 9.17) is 4.74 Å². The molecule has 0 saturated carbocycles. The van der Waals surface area contributed by atoms with Gasteiger partial charge in [0, 0.05) is 31.3 Å². The second-order valence-corrected chi connectivity index (χ2v) is 6.26. The molecule has 0 spiro atoms. The van der Waals surface area contributed by atoms with Crippen molar-refractivity contribution in [2.75, 3.05) is 32.8 Å². The largest absolute Gasteiger partial charge is 0.628 e. The van der Waals surface area contributed by atoms with E-state index < -0.39 is 21.4 Å². The predicted octanol–water partition coefficient (Wildman–Crippen LogP) is 2.04. The van der Waals surface area contributed by atoms with Crippen LogP contribution in [0.1, 0.15) is 39.5 Å². The third-order valence-electron chi connectivity index (χ3n) is 4.85. The molecule has 2 aliphatic heterocycles. The fourth-order valence-electron chi connectivity index (χ4n) is 3.37. The summed E-state index contributed by atoms with van der Waals surface area (Å²) in [6, 6.07) is 0. The van der Waals surface area contributed by atoms with Gasteiger partial charge in [0.2, 0.25) is 0 Å². The molecule has 0 atom stereocenters. The Morgan fingerprint density at radius 2 is 1.52 bits per heavy atom. The van der Waals surface area contributed by atoms with Crippen molar-refractivity contribution >= 4 is 5.97 Å². The summed E-state index contributed by atoms with van der Waals surface area (Å²) in [5.41, 5.74) is 0.506. The number of hydroxylamine groups is 6. The number of carbonyl (C=O) groups excluding carboxylic acids is 1. The average Bonchev–Trinajstić information content (AvgIpc) is 3.08. The average molecular weight is 298 g/mol. The first kappa shape index (κ1) is 16.4. The first-order valence-electron chi connectivity index (χ1n) is 7.87. The number of esters is 1. The van der Waals surface area contributed by atoms with Crippen LogP contribution in [0.2, 0.25) is 0 Å². The monoisotopic (exact) mass is 298 g/mol. The molecule has 2 rings (SSSR count). The Hall–Kier alpha value is -0.950. The van der Waals surface area contributed by atoms with E-state index in [9.17, 15) is 15.2 Å². The van der Waals surface area contributed by atoms with Gasteiger partial charge >= 0.3 is 5.97 Å². The quantitative estimate of drug-likeness (QED) is 0.337. The first-order chi connectivity index (χ1) is 9.91. The molecule has 6 nitrogen and oxygen atoms in total. The fourth-order valence-corrected chi connectivity index (χ4v) is 3.37. The van der Waals surface area contributed by atoms with Crippen LogP contribution in [-0.4, -0.2) is 54.2 Å². The van der Waals surface area contributed by atoms with Crippen molar-refractivity contribution in [3.8, 4) is 0 Å². The molecule has 0 radical (unpaired) electrons. The summed E-state index contributed by atoms with van der Waals surface area (Å²) < 4.78 is 4.28. The van der Waals surface area contributed by atoms with Crippen molar-refractivity contribution < 1.29 is 18.8 Å². The molecule has 2 heterocycles. The first-order valence-corrected chi connectivity index (χ1v) is 7.87. The van der Waals surface area contributed by atoms with E-state index in [1.54, 1.807) is 19.9 Å². The normalized spacial score (nSPS) is 24.5. The topological polar surface area (TPSA) is 72.4 Å². The van der Waals surface area contributed by atoms with Gasteiger partial charge in [-0.3, -0.25) is 0 Å². The molecule has 0 N–H and O–H groups in total. The molecule has 0 bridgehead atoms. The zero-order valence-electron chi connectivity index (χ0n) is 13.0. The second kappa shape index (κ2) is 6.44. The minimum atomic E-state index is -0.719. The minimum absolute atomic E-state index is 0.0724. The van der Waals surface area contributed by atoms with E-state index in [0.29, 0.717) is 31.8 Å². The molecular formula is C15H26N2O4. The lowest BCUT2D eigenvalue weighted by Crippen LogP contribution is -2.65. The van der Waals surface area contributed by atoms with Crippen LogP contribution in [0.15, 0.2) is 11.6 Å². The van der Waals surface area contributed by atoms with E-state index in [1.165, 1.54) is 0 Å². The van der Waals surface area contributed by atoms with Crippen LogP contribution in [-0.2, 0) is 9.53 Å². The van der Waals surface area contributed by atoms with Crippen LogP contribution in [0.3, 0.4) is 0 Å². The van der Waals surface area contributed by atoms with E-state index in [0.717, 1.165) is 25.7 Å². The molecule has 6 heteroatoms. The van der Waals surface area contributed by atoms with Crippen molar-refractivity contribution in [2.24, 2.45) is 0 Å². The molecule has 0 aliphatic carbocycles. The molecule has 120 valence electrons. The Kier molecular flexibility index (Phi) is 5.03. The summed E-state index contributed by atoms with van der Waals surface area (Å²) in [7, 11) is 0. The van der Waals surface area contributed by atoms with Gasteiger partial charge < -0.3 is 24.4 Å². The number of carbonyl (C=O) groups is 1. The third kappa shape index (κ3) is 3.45. The van der Waals surface area contributed by atoms with Crippen molar-refractivity contribution in [1.29, 1.82) is 0 Å². The molecule has 0 aromatic rings. The van der Waals surface area contributed by atoms with Gasteiger partial charge in [0.1, 0.15) is 0 Å². The van der Waals surface area contributed by atoms with Gasteiger partial charge in [-0.2, -0.15) is 0 Å². The molecule has 0 aromatic carbocycles. The van der Waals surface area contributed by atoms with Crippen LogP contribution in [0.5, 0.6) is 0 Å². The van der Waals surface area contributed by atoms with E-state index in [1.807, 2.05) is 0 Å². The number of rotatable bonds is 5. The van der Waals surface area contributed by atoms with Gasteiger partial charge in [0.25, 0.3) is 6.17 Å². The Balaban J connectivity index is 2.11. The summed E-state index contributed by atoms with van der Waals surface area (Å²) in [5.74, 6) is -0.431. The van der Waals surface area contributed by atoms with E-state index in [2.05, 4.69) is 0 Å².